The van der Waals surface area contributed by atoms with E-state index in [1.165, 1.54) is 18.4 Å². The molecule has 0 spiro atoms. The average molecular weight is 326 g/mol. The van der Waals surface area contributed by atoms with E-state index in [4.69, 9.17) is 10.5 Å². The van der Waals surface area contributed by atoms with Crippen molar-refractivity contribution in [2.45, 2.75) is 6.92 Å². The highest BCUT2D eigenvalue weighted by molar-refractivity contribution is 7.17. The Kier molecular flexibility index (Phi) is 3.83. The molecule has 116 valence electrons. The van der Waals surface area contributed by atoms with Gasteiger partial charge in [0.15, 0.2) is 0 Å². The van der Waals surface area contributed by atoms with Crippen LogP contribution < -0.4 is 5.73 Å². The molecular formula is C17H14N2O3S. The summed E-state index contributed by atoms with van der Waals surface area (Å²) in [6, 6.07) is 8.89. The summed E-state index contributed by atoms with van der Waals surface area (Å²) in [5.41, 5.74) is 9.27. The molecule has 3 rings (SSSR count). The van der Waals surface area contributed by atoms with E-state index in [1.807, 2.05) is 19.1 Å². The maximum atomic E-state index is 11.9. The van der Waals surface area contributed by atoms with Crippen LogP contribution in [0.4, 0.5) is 0 Å². The molecular weight excluding hydrogens is 312 g/mol. The quantitative estimate of drug-likeness (QED) is 0.750. The van der Waals surface area contributed by atoms with Gasteiger partial charge in [0.05, 0.1) is 28.6 Å². The van der Waals surface area contributed by atoms with E-state index in [0.717, 1.165) is 15.8 Å². The van der Waals surface area contributed by atoms with Gasteiger partial charge in [-0.3, -0.25) is 4.79 Å². The van der Waals surface area contributed by atoms with Gasteiger partial charge in [-0.25, -0.2) is 9.78 Å². The maximum Gasteiger partial charge on any atom is 0.340 e. The molecule has 1 amide bonds. The monoisotopic (exact) mass is 326 g/mol. The molecule has 23 heavy (non-hydrogen) atoms. The Morgan fingerprint density at radius 1 is 1.26 bits per heavy atom. The van der Waals surface area contributed by atoms with Crippen molar-refractivity contribution in [3.63, 3.8) is 0 Å². The molecule has 2 N–H and O–H groups in total. The number of ether oxygens (including phenoxy) is 1. The fourth-order valence-electron chi connectivity index (χ4n) is 2.40. The minimum Gasteiger partial charge on any atom is -0.465 e. The smallest absolute Gasteiger partial charge is 0.340 e. The SMILES string of the molecule is COC(=O)c1csc2c(C)cc(-c3cccc(C(N)=O)c3)nc12. The first-order valence-corrected chi connectivity index (χ1v) is 7.76. The van der Waals surface area contributed by atoms with Crippen molar-refractivity contribution in [1.82, 2.24) is 4.98 Å². The molecule has 0 aliphatic heterocycles. The predicted molar refractivity (Wildman–Crippen MR) is 89.7 cm³/mol. The molecule has 0 bridgehead atoms. The molecule has 0 fully saturated rings. The molecule has 6 heteroatoms. The summed E-state index contributed by atoms with van der Waals surface area (Å²) in [6.07, 6.45) is 0. The van der Waals surface area contributed by atoms with Crippen molar-refractivity contribution in [3.8, 4) is 11.3 Å². The summed E-state index contributed by atoms with van der Waals surface area (Å²) in [5.74, 6) is -0.901. The molecule has 2 aromatic heterocycles. The highest BCUT2D eigenvalue weighted by Crippen LogP contribution is 2.31. The highest BCUT2D eigenvalue weighted by Gasteiger charge is 2.17. The Balaban J connectivity index is 2.21. The van der Waals surface area contributed by atoms with Crippen molar-refractivity contribution < 1.29 is 14.3 Å². The standard InChI is InChI=1S/C17H14N2O3S/c1-9-6-13(10-4-3-5-11(7-10)16(18)20)19-14-12(17(21)22-2)8-23-15(9)14/h3-8H,1-2H3,(H2,18,20). The number of amides is 1. The molecule has 5 nitrogen and oxygen atoms in total. The van der Waals surface area contributed by atoms with Gasteiger partial charge < -0.3 is 10.5 Å². The second-order valence-corrected chi connectivity index (χ2v) is 5.97. The average Bonchev–Trinajstić information content (AvgIpc) is 2.98. The summed E-state index contributed by atoms with van der Waals surface area (Å²) >= 11 is 1.46. The topological polar surface area (TPSA) is 82.3 Å². The third-order valence-corrected chi connectivity index (χ3v) is 4.66. The zero-order valence-corrected chi connectivity index (χ0v) is 13.4. The fraction of sp³-hybridized carbons (Fsp3) is 0.118. The number of pyridine rings is 1. The van der Waals surface area contributed by atoms with Gasteiger partial charge in [-0.05, 0) is 30.7 Å². The Labute approximate surface area is 136 Å². The summed E-state index contributed by atoms with van der Waals surface area (Å²) in [7, 11) is 1.35. The largest absolute Gasteiger partial charge is 0.465 e. The molecule has 0 atom stereocenters. The molecule has 1 aromatic carbocycles. The Bertz CT molecular complexity index is 931. The van der Waals surface area contributed by atoms with Gasteiger partial charge in [0.1, 0.15) is 0 Å². The van der Waals surface area contributed by atoms with E-state index in [9.17, 15) is 9.59 Å². The van der Waals surface area contributed by atoms with E-state index in [2.05, 4.69) is 4.98 Å². The number of nitrogens with zero attached hydrogens (tertiary/aromatic N) is 1. The number of hydrogen-bond donors (Lipinski definition) is 1. The highest BCUT2D eigenvalue weighted by atomic mass is 32.1. The number of primary amides is 1. The Morgan fingerprint density at radius 3 is 2.74 bits per heavy atom. The van der Waals surface area contributed by atoms with Crippen molar-refractivity contribution in [2.24, 2.45) is 5.73 Å². The number of thiophene rings is 1. The molecule has 0 radical (unpaired) electrons. The number of aryl methyl sites for hydroxylation is 1. The Hall–Kier alpha value is -2.73. The molecule has 0 aliphatic carbocycles. The zero-order chi connectivity index (χ0) is 16.6. The summed E-state index contributed by atoms with van der Waals surface area (Å²) in [4.78, 5) is 27.8. The van der Waals surface area contributed by atoms with Gasteiger partial charge in [-0.1, -0.05) is 12.1 Å². The van der Waals surface area contributed by atoms with Crippen LogP contribution in [0.15, 0.2) is 35.7 Å². The van der Waals surface area contributed by atoms with Crippen LogP contribution in [-0.2, 0) is 4.74 Å². The lowest BCUT2D eigenvalue weighted by atomic mass is 10.1. The van der Waals surface area contributed by atoms with Crippen LogP contribution in [0.2, 0.25) is 0 Å². The molecule has 0 saturated heterocycles. The zero-order valence-electron chi connectivity index (χ0n) is 12.6. The number of esters is 1. The van der Waals surface area contributed by atoms with Crippen LogP contribution in [0.1, 0.15) is 26.3 Å². The predicted octanol–water partition coefficient (Wildman–Crippen LogP) is 3.16. The van der Waals surface area contributed by atoms with E-state index in [0.29, 0.717) is 22.3 Å². The van der Waals surface area contributed by atoms with Crippen LogP contribution in [0.25, 0.3) is 21.5 Å². The molecule has 2 heterocycles. The first-order chi connectivity index (χ1) is 11.0. The lowest BCUT2D eigenvalue weighted by molar-refractivity contribution is 0.0603. The first kappa shape index (κ1) is 15.2. The normalized spacial score (nSPS) is 10.7. The number of aromatic nitrogens is 1. The van der Waals surface area contributed by atoms with E-state index < -0.39 is 11.9 Å². The summed E-state index contributed by atoms with van der Waals surface area (Å²) in [5, 5.41) is 1.75. The summed E-state index contributed by atoms with van der Waals surface area (Å²) < 4.78 is 5.75. The van der Waals surface area contributed by atoms with Gasteiger partial charge >= 0.3 is 5.97 Å². The number of nitrogens with two attached hydrogens (primary N) is 1. The van der Waals surface area contributed by atoms with E-state index in [-0.39, 0.29) is 0 Å². The van der Waals surface area contributed by atoms with Gasteiger partial charge in [0.2, 0.25) is 5.91 Å². The van der Waals surface area contributed by atoms with Crippen LogP contribution in [0, 0.1) is 6.92 Å². The van der Waals surface area contributed by atoms with Gasteiger partial charge in [0, 0.05) is 16.5 Å². The van der Waals surface area contributed by atoms with E-state index >= 15 is 0 Å². The molecule has 0 unspecified atom stereocenters. The number of carbonyl (C=O) groups excluding carboxylic acids is 2. The van der Waals surface area contributed by atoms with Gasteiger partial charge in [-0.2, -0.15) is 0 Å². The fourth-order valence-corrected chi connectivity index (χ4v) is 3.36. The van der Waals surface area contributed by atoms with Crippen LogP contribution in [0.3, 0.4) is 0 Å². The number of benzene rings is 1. The number of hydrogen-bond acceptors (Lipinski definition) is 5. The molecule has 3 aromatic rings. The number of fused-ring (bicyclic) bond motifs is 1. The lowest BCUT2D eigenvalue weighted by Crippen LogP contribution is -2.10. The van der Waals surface area contributed by atoms with Crippen molar-refractivity contribution in [2.75, 3.05) is 7.11 Å². The van der Waals surface area contributed by atoms with Crippen molar-refractivity contribution >= 4 is 33.4 Å². The van der Waals surface area contributed by atoms with Crippen LogP contribution in [-0.4, -0.2) is 24.0 Å². The van der Waals surface area contributed by atoms with Crippen molar-refractivity contribution in [1.29, 1.82) is 0 Å². The third kappa shape index (κ3) is 2.68. The Morgan fingerprint density at radius 2 is 2.04 bits per heavy atom. The number of rotatable bonds is 3. The lowest BCUT2D eigenvalue weighted by Gasteiger charge is -2.06. The number of carbonyl (C=O) groups is 2. The number of methoxy groups -OCH3 is 1. The molecule has 0 saturated carbocycles. The third-order valence-electron chi connectivity index (χ3n) is 3.56. The minimum atomic E-state index is -0.490. The second-order valence-electron chi connectivity index (χ2n) is 5.09. The van der Waals surface area contributed by atoms with Gasteiger partial charge in [0.25, 0.3) is 0 Å². The second kappa shape index (κ2) is 5.81. The minimum absolute atomic E-state index is 0.411. The molecule has 0 aliphatic rings. The van der Waals surface area contributed by atoms with Crippen LogP contribution in [0.5, 0.6) is 0 Å². The maximum absolute atomic E-state index is 11.9. The van der Waals surface area contributed by atoms with Crippen LogP contribution >= 0.6 is 11.3 Å². The first-order valence-electron chi connectivity index (χ1n) is 6.88. The van der Waals surface area contributed by atoms with Gasteiger partial charge in [-0.15, -0.1) is 11.3 Å². The van der Waals surface area contributed by atoms with Crippen molar-refractivity contribution in [3.05, 3.63) is 52.4 Å². The summed E-state index contributed by atoms with van der Waals surface area (Å²) in [6.45, 7) is 1.96. The van der Waals surface area contributed by atoms with E-state index in [1.54, 1.807) is 23.6 Å².